The molecule has 3 heteroatoms. The monoisotopic (exact) mass is 258 g/mol. The lowest BCUT2D eigenvalue weighted by molar-refractivity contribution is -0.117. The van der Waals surface area contributed by atoms with Gasteiger partial charge in [-0.05, 0) is 43.7 Å². The van der Waals surface area contributed by atoms with E-state index in [1.165, 1.54) is 25.7 Å². The number of hydrogen-bond acceptors (Lipinski definition) is 2. The van der Waals surface area contributed by atoms with Crippen molar-refractivity contribution >= 4 is 11.6 Å². The predicted octanol–water partition coefficient (Wildman–Crippen LogP) is 2.85. The smallest absolute Gasteiger partial charge is 0.241 e. The van der Waals surface area contributed by atoms with Crippen LogP contribution in [0.5, 0.6) is 0 Å². The molecule has 102 valence electrons. The zero-order chi connectivity index (χ0) is 13.2. The molecule has 2 fully saturated rings. The lowest BCUT2D eigenvalue weighted by atomic mass is 9.85. The van der Waals surface area contributed by atoms with Crippen LogP contribution in [0.2, 0.25) is 0 Å². The van der Waals surface area contributed by atoms with Gasteiger partial charge in [0.05, 0.1) is 6.04 Å². The van der Waals surface area contributed by atoms with Crippen molar-refractivity contribution in [3.63, 3.8) is 0 Å². The van der Waals surface area contributed by atoms with Crippen LogP contribution >= 0.6 is 0 Å². The van der Waals surface area contributed by atoms with Gasteiger partial charge in [-0.3, -0.25) is 4.79 Å². The third kappa shape index (κ3) is 2.66. The fourth-order valence-corrected chi connectivity index (χ4v) is 3.45. The Morgan fingerprint density at radius 2 is 2.05 bits per heavy atom. The van der Waals surface area contributed by atoms with Crippen molar-refractivity contribution in [3.8, 4) is 0 Å². The predicted molar refractivity (Wildman–Crippen MR) is 77.1 cm³/mol. The Morgan fingerprint density at radius 1 is 1.26 bits per heavy atom. The van der Waals surface area contributed by atoms with Gasteiger partial charge >= 0.3 is 0 Å². The number of benzene rings is 1. The molecule has 3 atom stereocenters. The molecule has 0 bridgehead atoms. The fraction of sp³-hybridized carbons (Fsp3) is 0.562. The summed E-state index contributed by atoms with van der Waals surface area (Å²) in [6.45, 7) is 2.03. The van der Waals surface area contributed by atoms with Gasteiger partial charge in [-0.1, -0.05) is 31.0 Å². The molecule has 19 heavy (non-hydrogen) atoms. The molecule has 3 nitrogen and oxygen atoms in total. The second-order valence-electron chi connectivity index (χ2n) is 5.91. The van der Waals surface area contributed by atoms with Crippen LogP contribution in [0.15, 0.2) is 24.3 Å². The van der Waals surface area contributed by atoms with Crippen molar-refractivity contribution in [1.82, 2.24) is 5.32 Å². The van der Waals surface area contributed by atoms with Crippen molar-refractivity contribution in [2.45, 2.75) is 51.1 Å². The van der Waals surface area contributed by atoms with Gasteiger partial charge in [0, 0.05) is 11.7 Å². The molecule has 2 aliphatic rings. The van der Waals surface area contributed by atoms with Crippen LogP contribution in [0.25, 0.3) is 0 Å². The van der Waals surface area contributed by atoms with E-state index in [4.69, 9.17) is 0 Å². The Balaban J connectivity index is 1.64. The highest BCUT2D eigenvalue weighted by atomic mass is 16.2. The van der Waals surface area contributed by atoms with E-state index in [0.29, 0.717) is 12.0 Å². The van der Waals surface area contributed by atoms with Crippen LogP contribution in [0, 0.1) is 12.8 Å². The molecule has 0 spiro atoms. The van der Waals surface area contributed by atoms with Gasteiger partial charge in [-0.25, -0.2) is 0 Å². The van der Waals surface area contributed by atoms with Crippen LogP contribution in [0.1, 0.15) is 37.7 Å². The quantitative estimate of drug-likeness (QED) is 0.856. The van der Waals surface area contributed by atoms with Crippen molar-refractivity contribution < 1.29 is 4.79 Å². The molecule has 1 aliphatic carbocycles. The summed E-state index contributed by atoms with van der Waals surface area (Å²) in [5, 5.41) is 6.58. The van der Waals surface area contributed by atoms with Gasteiger partial charge in [0.1, 0.15) is 0 Å². The van der Waals surface area contributed by atoms with Crippen molar-refractivity contribution in [2.24, 2.45) is 5.92 Å². The molecule has 1 aliphatic heterocycles. The fourth-order valence-electron chi connectivity index (χ4n) is 3.45. The van der Waals surface area contributed by atoms with E-state index < -0.39 is 0 Å². The van der Waals surface area contributed by atoms with Crippen molar-refractivity contribution in [3.05, 3.63) is 29.8 Å². The number of anilines is 1. The molecule has 1 saturated carbocycles. The summed E-state index contributed by atoms with van der Waals surface area (Å²) in [7, 11) is 0. The summed E-state index contributed by atoms with van der Waals surface area (Å²) >= 11 is 0. The minimum Gasteiger partial charge on any atom is -0.324 e. The van der Waals surface area contributed by atoms with Crippen molar-refractivity contribution in [2.75, 3.05) is 5.32 Å². The normalized spacial score (nSPS) is 29.8. The van der Waals surface area contributed by atoms with Crippen LogP contribution in [0.4, 0.5) is 5.69 Å². The molecule has 3 unspecified atom stereocenters. The van der Waals surface area contributed by atoms with Gasteiger partial charge in [-0.2, -0.15) is 0 Å². The number of amides is 1. The third-order valence-electron chi connectivity index (χ3n) is 4.58. The van der Waals surface area contributed by atoms with E-state index in [1.807, 2.05) is 31.2 Å². The highest BCUT2D eigenvalue weighted by molar-refractivity contribution is 5.95. The molecule has 0 radical (unpaired) electrons. The number of carbonyl (C=O) groups excluding carboxylic acids is 1. The van der Waals surface area contributed by atoms with Gasteiger partial charge in [-0.15, -0.1) is 0 Å². The first-order chi connectivity index (χ1) is 9.24. The third-order valence-corrected chi connectivity index (χ3v) is 4.58. The largest absolute Gasteiger partial charge is 0.324 e. The highest BCUT2D eigenvalue weighted by Gasteiger charge is 2.38. The molecule has 1 amide bonds. The van der Waals surface area contributed by atoms with Crippen LogP contribution in [0.3, 0.4) is 0 Å². The maximum atomic E-state index is 12.3. The van der Waals surface area contributed by atoms with Gasteiger partial charge in [0.15, 0.2) is 0 Å². The summed E-state index contributed by atoms with van der Waals surface area (Å²) < 4.78 is 0. The average molecular weight is 258 g/mol. The second-order valence-corrected chi connectivity index (χ2v) is 5.91. The summed E-state index contributed by atoms with van der Waals surface area (Å²) in [5.41, 5.74) is 2.05. The van der Waals surface area contributed by atoms with E-state index >= 15 is 0 Å². The number of para-hydroxylation sites is 1. The first kappa shape index (κ1) is 12.7. The lowest BCUT2D eigenvalue weighted by Crippen LogP contribution is -2.40. The molecular weight excluding hydrogens is 236 g/mol. The van der Waals surface area contributed by atoms with Gasteiger partial charge in [0.25, 0.3) is 0 Å². The summed E-state index contributed by atoms with van der Waals surface area (Å²) in [6.07, 6.45) is 6.16. The number of hydrogen-bond donors (Lipinski definition) is 2. The Morgan fingerprint density at radius 3 is 2.84 bits per heavy atom. The van der Waals surface area contributed by atoms with Crippen LogP contribution < -0.4 is 10.6 Å². The zero-order valence-corrected chi connectivity index (χ0v) is 11.5. The topological polar surface area (TPSA) is 41.1 Å². The SMILES string of the molecule is Cc1ccccc1NC(=O)C1CC2CCCCC2N1. The molecule has 1 saturated heterocycles. The second kappa shape index (κ2) is 5.33. The first-order valence-electron chi connectivity index (χ1n) is 7.36. The Bertz CT molecular complexity index is 458. The van der Waals surface area contributed by atoms with E-state index in [2.05, 4.69) is 10.6 Å². The number of aryl methyl sites for hydroxylation is 1. The standard InChI is InChI=1S/C16H22N2O/c1-11-6-2-4-8-13(11)18-16(19)15-10-12-7-3-5-9-14(12)17-15/h2,4,6,8,12,14-15,17H,3,5,7,9-10H2,1H3,(H,18,19). The summed E-state index contributed by atoms with van der Waals surface area (Å²) in [4.78, 5) is 12.3. The van der Waals surface area contributed by atoms with E-state index in [9.17, 15) is 4.79 Å². The van der Waals surface area contributed by atoms with Gasteiger partial charge < -0.3 is 10.6 Å². The average Bonchev–Trinajstić information content (AvgIpc) is 2.85. The summed E-state index contributed by atoms with van der Waals surface area (Å²) in [5.74, 6) is 0.838. The lowest BCUT2D eigenvalue weighted by Gasteiger charge is -2.24. The Hall–Kier alpha value is -1.35. The van der Waals surface area contributed by atoms with E-state index in [1.54, 1.807) is 0 Å². The van der Waals surface area contributed by atoms with Crippen LogP contribution in [-0.2, 0) is 4.79 Å². The number of carbonyl (C=O) groups is 1. The van der Waals surface area contributed by atoms with E-state index in [0.717, 1.165) is 17.7 Å². The summed E-state index contributed by atoms with van der Waals surface area (Å²) in [6, 6.07) is 8.51. The van der Waals surface area contributed by atoms with E-state index in [-0.39, 0.29) is 11.9 Å². The number of rotatable bonds is 2. The number of nitrogens with one attached hydrogen (secondary N) is 2. The molecular formula is C16H22N2O. The number of fused-ring (bicyclic) bond motifs is 1. The van der Waals surface area contributed by atoms with Crippen LogP contribution in [-0.4, -0.2) is 18.0 Å². The Labute approximate surface area is 114 Å². The zero-order valence-electron chi connectivity index (χ0n) is 11.5. The molecule has 2 N–H and O–H groups in total. The molecule has 0 aromatic heterocycles. The molecule has 1 heterocycles. The van der Waals surface area contributed by atoms with Crippen molar-refractivity contribution in [1.29, 1.82) is 0 Å². The Kier molecular flexibility index (Phi) is 3.56. The van der Waals surface area contributed by atoms with Gasteiger partial charge in [0.2, 0.25) is 5.91 Å². The maximum Gasteiger partial charge on any atom is 0.241 e. The minimum absolute atomic E-state index is 0.00675. The minimum atomic E-state index is -0.00675. The molecule has 3 rings (SSSR count). The molecule has 1 aromatic carbocycles. The highest BCUT2D eigenvalue weighted by Crippen LogP contribution is 2.33. The maximum absolute atomic E-state index is 12.3. The first-order valence-corrected chi connectivity index (χ1v) is 7.36. The molecule has 1 aromatic rings.